The number of pyridine rings is 1. The predicted molar refractivity (Wildman–Crippen MR) is 119 cm³/mol. The number of carbonyl (C=O) groups excluding carboxylic acids is 2. The van der Waals surface area contributed by atoms with E-state index in [-0.39, 0.29) is 23.1 Å². The van der Waals surface area contributed by atoms with E-state index < -0.39 is 0 Å². The van der Waals surface area contributed by atoms with Crippen molar-refractivity contribution in [1.29, 1.82) is 0 Å². The maximum atomic E-state index is 13.1. The molecule has 0 bridgehead atoms. The molecule has 0 radical (unpaired) electrons. The van der Waals surface area contributed by atoms with Crippen LogP contribution in [-0.4, -0.2) is 35.0 Å². The van der Waals surface area contributed by atoms with E-state index in [1.165, 1.54) is 6.42 Å². The van der Waals surface area contributed by atoms with Gasteiger partial charge in [-0.25, -0.2) is 4.98 Å². The lowest BCUT2D eigenvalue weighted by molar-refractivity contribution is -0.125. The fourth-order valence-corrected chi connectivity index (χ4v) is 4.39. The normalized spacial score (nSPS) is 17.6. The van der Waals surface area contributed by atoms with Gasteiger partial charge in [0.05, 0.1) is 16.6 Å². The predicted octanol–water partition coefficient (Wildman–Crippen LogP) is 4.12. The standard InChI is InChI=1S/C24H34N4O3/c1-24(2,3)14-19-20-17(13-18(15-9-10-15)27-23(20)31-28-19)22(30)26-12-11-25-21(29)16-7-5-4-6-8-16/h13,15-16H,4-12,14H2,1-3H3,(H,25,29)(H,26,30). The molecule has 0 atom stereocenters. The van der Waals surface area contributed by atoms with Crippen molar-refractivity contribution < 1.29 is 14.1 Å². The van der Waals surface area contributed by atoms with Crippen LogP contribution < -0.4 is 10.6 Å². The maximum absolute atomic E-state index is 13.1. The third-order valence-corrected chi connectivity index (χ3v) is 6.16. The summed E-state index contributed by atoms with van der Waals surface area (Å²) in [6.07, 6.45) is 8.32. The zero-order valence-electron chi connectivity index (χ0n) is 18.9. The van der Waals surface area contributed by atoms with Crippen LogP contribution in [0.15, 0.2) is 10.6 Å². The summed E-state index contributed by atoms with van der Waals surface area (Å²) in [6.45, 7) is 7.22. The maximum Gasteiger partial charge on any atom is 0.259 e. The minimum absolute atomic E-state index is 0.0100. The second-order valence-electron chi connectivity index (χ2n) is 10.3. The second kappa shape index (κ2) is 8.97. The van der Waals surface area contributed by atoms with Crippen LogP contribution in [0.25, 0.3) is 11.1 Å². The summed E-state index contributed by atoms with van der Waals surface area (Å²) in [5.74, 6) is 0.478. The number of hydrogen-bond acceptors (Lipinski definition) is 5. The minimum Gasteiger partial charge on any atom is -0.354 e. The van der Waals surface area contributed by atoms with Gasteiger partial charge in [0.25, 0.3) is 11.6 Å². The summed E-state index contributed by atoms with van der Waals surface area (Å²) in [5, 5.41) is 10.9. The molecule has 0 unspecified atom stereocenters. The van der Waals surface area contributed by atoms with Gasteiger partial charge in [-0.1, -0.05) is 45.2 Å². The lowest BCUT2D eigenvalue weighted by atomic mass is 9.89. The smallest absolute Gasteiger partial charge is 0.259 e. The summed E-state index contributed by atoms with van der Waals surface area (Å²) in [4.78, 5) is 30.0. The molecule has 2 N–H and O–H groups in total. The molecule has 31 heavy (non-hydrogen) atoms. The van der Waals surface area contributed by atoms with Crippen molar-refractivity contribution in [2.75, 3.05) is 13.1 Å². The van der Waals surface area contributed by atoms with Crippen LogP contribution in [0, 0.1) is 11.3 Å². The molecular weight excluding hydrogens is 392 g/mol. The number of nitrogens with zero attached hydrogens (tertiary/aromatic N) is 2. The Bertz CT molecular complexity index is 950. The average molecular weight is 427 g/mol. The van der Waals surface area contributed by atoms with Gasteiger partial charge < -0.3 is 15.2 Å². The van der Waals surface area contributed by atoms with Crippen molar-refractivity contribution in [3.63, 3.8) is 0 Å². The Kier molecular flexibility index (Phi) is 6.30. The highest BCUT2D eigenvalue weighted by molar-refractivity contribution is 6.06. The highest BCUT2D eigenvalue weighted by Crippen LogP contribution is 2.41. The largest absolute Gasteiger partial charge is 0.354 e. The third-order valence-electron chi connectivity index (χ3n) is 6.16. The van der Waals surface area contributed by atoms with Crippen molar-refractivity contribution in [2.24, 2.45) is 11.3 Å². The van der Waals surface area contributed by atoms with Crippen LogP contribution in [0.3, 0.4) is 0 Å². The molecular formula is C24H34N4O3. The molecule has 2 aliphatic carbocycles. The van der Waals surface area contributed by atoms with Gasteiger partial charge >= 0.3 is 0 Å². The Hall–Kier alpha value is -2.44. The zero-order chi connectivity index (χ0) is 22.0. The Labute approximate surface area is 183 Å². The molecule has 4 rings (SSSR count). The monoisotopic (exact) mass is 426 g/mol. The van der Waals surface area contributed by atoms with Crippen molar-refractivity contribution in [3.05, 3.63) is 23.0 Å². The van der Waals surface area contributed by atoms with Crippen LogP contribution in [0.1, 0.15) is 93.4 Å². The first kappa shape index (κ1) is 21.8. The van der Waals surface area contributed by atoms with E-state index in [9.17, 15) is 9.59 Å². The number of fused-ring (bicyclic) bond motifs is 1. The van der Waals surface area contributed by atoms with Gasteiger partial charge in [0.15, 0.2) is 0 Å². The number of hydrogen-bond donors (Lipinski definition) is 2. The molecule has 2 saturated carbocycles. The molecule has 168 valence electrons. The van der Waals surface area contributed by atoms with E-state index in [0.29, 0.717) is 42.1 Å². The number of aromatic nitrogens is 2. The highest BCUT2D eigenvalue weighted by atomic mass is 16.5. The molecule has 0 saturated heterocycles. The first-order chi connectivity index (χ1) is 14.8. The van der Waals surface area contributed by atoms with Crippen molar-refractivity contribution >= 4 is 22.9 Å². The molecule has 0 aromatic carbocycles. The Morgan fingerprint density at radius 1 is 1.06 bits per heavy atom. The number of nitrogens with one attached hydrogen (secondary N) is 2. The molecule has 0 aliphatic heterocycles. The number of carbonyl (C=O) groups is 2. The van der Waals surface area contributed by atoms with Crippen LogP contribution in [-0.2, 0) is 11.2 Å². The quantitative estimate of drug-likeness (QED) is 0.649. The van der Waals surface area contributed by atoms with Gasteiger partial charge in [0, 0.05) is 30.6 Å². The molecule has 2 aliphatic rings. The topological polar surface area (TPSA) is 97.1 Å². The Morgan fingerprint density at radius 3 is 2.45 bits per heavy atom. The number of amides is 2. The SMILES string of the molecule is CC(C)(C)Cc1noc2nc(C3CC3)cc(C(=O)NCCNC(=O)C3CCCCC3)c12. The van der Waals surface area contributed by atoms with Crippen LogP contribution in [0.2, 0.25) is 0 Å². The van der Waals surface area contributed by atoms with Crippen LogP contribution >= 0.6 is 0 Å². The van der Waals surface area contributed by atoms with Gasteiger partial charge in [-0.3, -0.25) is 9.59 Å². The van der Waals surface area contributed by atoms with Gasteiger partial charge in [0.1, 0.15) is 0 Å². The molecule has 7 nitrogen and oxygen atoms in total. The van der Waals surface area contributed by atoms with Gasteiger partial charge in [-0.05, 0) is 43.6 Å². The fourth-order valence-electron chi connectivity index (χ4n) is 4.39. The van der Waals surface area contributed by atoms with Gasteiger partial charge in [-0.15, -0.1) is 0 Å². The highest BCUT2D eigenvalue weighted by Gasteiger charge is 2.30. The van der Waals surface area contributed by atoms with Crippen molar-refractivity contribution in [2.45, 2.75) is 78.1 Å². The molecule has 2 aromatic rings. The van der Waals surface area contributed by atoms with E-state index >= 15 is 0 Å². The van der Waals surface area contributed by atoms with Crippen molar-refractivity contribution in [1.82, 2.24) is 20.8 Å². The average Bonchev–Trinajstić information content (AvgIpc) is 3.52. The zero-order valence-corrected chi connectivity index (χ0v) is 18.9. The van der Waals surface area contributed by atoms with Crippen LogP contribution in [0.5, 0.6) is 0 Å². The van der Waals surface area contributed by atoms with Gasteiger partial charge in [-0.2, -0.15) is 0 Å². The minimum atomic E-state index is -0.167. The fraction of sp³-hybridized carbons (Fsp3) is 0.667. The number of rotatable bonds is 7. The van der Waals surface area contributed by atoms with E-state index in [2.05, 4.69) is 41.5 Å². The molecule has 2 amide bonds. The van der Waals surface area contributed by atoms with E-state index in [1.807, 2.05) is 6.07 Å². The molecule has 2 heterocycles. The third kappa shape index (κ3) is 5.43. The molecule has 2 aromatic heterocycles. The summed E-state index contributed by atoms with van der Waals surface area (Å²) in [6, 6.07) is 1.90. The first-order valence-electron chi connectivity index (χ1n) is 11.7. The molecule has 2 fully saturated rings. The summed E-state index contributed by atoms with van der Waals surface area (Å²) in [7, 11) is 0. The summed E-state index contributed by atoms with van der Waals surface area (Å²) < 4.78 is 5.53. The first-order valence-corrected chi connectivity index (χ1v) is 11.7. The Morgan fingerprint density at radius 2 is 1.77 bits per heavy atom. The molecule has 7 heteroatoms. The van der Waals surface area contributed by atoms with Crippen LogP contribution in [0.4, 0.5) is 0 Å². The van der Waals surface area contributed by atoms with Gasteiger partial charge in [0.2, 0.25) is 5.91 Å². The van der Waals surface area contributed by atoms with Crippen molar-refractivity contribution in [3.8, 4) is 0 Å². The van der Waals surface area contributed by atoms with E-state index in [1.54, 1.807) is 0 Å². The summed E-state index contributed by atoms with van der Waals surface area (Å²) >= 11 is 0. The molecule has 0 spiro atoms. The van der Waals surface area contributed by atoms with E-state index in [0.717, 1.165) is 49.9 Å². The van der Waals surface area contributed by atoms with E-state index in [4.69, 9.17) is 4.52 Å². The second-order valence-corrected chi connectivity index (χ2v) is 10.3. The lowest BCUT2D eigenvalue weighted by Crippen LogP contribution is -2.38. The lowest BCUT2D eigenvalue weighted by Gasteiger charge is -2.20. The summed E-state index contributed by atoms with van der Waals surface area (Å²) in [5.41, 5.74) is 2.70. The Balaban J connectivity index is 1.44.